The van der Waals surface area contributed by atoms with E-state index in [2.05, 4.69) is 52.3 Å². The number of aryl methyl sites for hydroxylation is 1. The number of allylic oxidation sites excluding steroid dienone is 1. The van der Waals surface area contributed by atoms with Crippen LogP contribution in [-0.4, -0.2) is 36.2 Å². The second-order valence-corrected chi connectivity index (χ2v) is 8.62. The van der Waals surface area contributed by atoms with Crippen LogP contribution in [0.1, 0.15) is 49.1 Å². The van der Waals surface area contributed by atoms with Crippen LogP contribution in [0.4, 0.5) is 0 Å². The Kier molecular flexibility index (Phi) is 4.44. The fraction of sp³-hybridized carbons (Fsp3) is 0.591. The topological polar surface area (TPSA) is 56.4 Å². The van der Waals surface area contributed by atoms with Gasteiger partial charge >= 0.3 is 0 Å². The Hall–Kier alpha value is -1.85. The Balaban J connectivity index is 1.48. The molecule has 144 valence electrons. The zero-order valence-corrected chi connectivity index (χ0v) is 16.1. The van der Waals surface area contributed by atoms with E-state index in [1.165, 1.54) is 36.1 Å². The molecule has 5 heteroatoms. The van der Waals surface area contributed by atoms with Crippen LogP contribution in [0.5, 0.6) is 0 Å². The molecule has 5 nitrogen and oxygen atoms in total. The van der Waals surface area contributed by atoms with Gasteiger partial charge in [-0.3, -0.25) is 9.80 Å². The van der Waals surface area contributed by atoms with Crippen LogP contribution < -0.4 is 16.1 Å². The highest BCUT2D eigenvalue weighted by Gasteiger charge is 2.51. The van der Waals surface area contributed by atoms with E-state index in [-0.39, 0.29) is 12.1 Å². The van der Waals surface area contributed by atoms with Crippen LogP contribution in [-0.2, 0) is 4.79 Å². The summed E-state index contributed by atoms with van der Waals surface area (Å²) in [5.74, 6) is 1.49. The third-order valence-electron chi connectivity index (χ3n) is 7.10. The number of hydrogen-bond acceptors (Lipinski definition) is 4. The van der Waals surface area contributed by atoms with Gasteiger partial charge in [0.25, 0.3) is 0 Å². The van der Waals surface area contributed by atoms with Crippen LogP contribution in [0, 0.1) is 18.8 Å². The molecule has 3 N–H and O–H groups in total. The van der Waals surface area contributed by atoms with Crippen LogP contribution in [0.15, 0.2) is 36.0 Å². The van der Waals surface area contributed by atoms with E-state index in [1.54, 1.807) is 0 Å². The Morgan fingerprint density at radius 1 is 1.07 bits per heavy atom. The first kappa shape index (κ1) is 17.3. The molecular formula is C22H30N4O. The molecule has 1 aliphatic carbocycles. The van der Waals surface area contributed by atoms with Crippen molar-refractivity contribution in [2.75, 3.05) is 13.1 Å². The molecule has 0 bridgehead atoms. The maximum absolute atomic E-state index is 12.6. The number of piperidine rings is 1. The number of hydrazine groups is 1. The fourth-order valence-electron chi connectivity index (χ4n) is 5.83. The van der Waals surface area contributed by atoms with E-state index in [1.807, 2.05) is 6.08 Å². The number of amides is 1. The third kappa shape index (κ3) is 2.97. The first-order valence-electron chi connectivity index (χ1n) is 10.6. The van der Waals surface area contributed by atoms with E-state index in [4.69, 9.17) is 0 Å². The molecule has 4 aliphatic rings. The molecule has 1 saturated carbocycles. The second-order valence-electron chi connectivity index (χ2n) is 8.62. The van der Waals surface area contributed by atoms with Crippen LogP contribution in [0.25, 0.3) is 0 Å². The summed E-state index contributed by atoms with van der Waals surface area (Å²) in [6.07, 6.45) is 7.78. The third-order valence-corrected chi connectivity index (χ3v) is 7.10. The molecule has 1 amide bonds. The molecule has 27 heavy (non-hydrogen) atoms. The van der Waals surface area contributed by atoms with Crippen molar-refractivity contribution in [1.29, 1.82) is 0 Å². The summed E-state index contributed by atoms with van der Waals surface area (Å²) >= 11 is 0. The number of nitrogens with one attached hydrogen (secondary N) is 3. The lowest BCUT2D eigenvalue weighted by atomic mass is 9.71. The Bertz CT molecular complexity index is 754. The van der Waals surface area contributed by atoms with Crippen LogP contribution >= 0.6 is 0 Å². The van der Waals surface area contributed by atoms with E-state index >= 15 is 0 Å². The van der Waals surface area contributed by atoms with Crippen LogP contribution in [0.2, 0.25) is 0 Å². The highest BCUT2D eigenvalue weighted by molar-refractivity contribution is 5.89. The summed E-state index contributed by atoms with van der Waals surface area (Å²) < 4.78 is 0. The van der Waals surface area contributed by atoms with Gasteiger partial charge in [0, 0.05) is 29.7 Å². The van der Waals surface area contributed by atoms with Gasteiger partial charge in [-0.05, 0) is 62.7 Å². The molecule has 1 aromatic rings. The van der Waals surface area contributed by atoms with Crippen molar-refractivity contribution in [1.82, 2.24) is 21.1 Å². The van der Waals surface area contributed by atoms with Crippen molar-refractivity contribution in [2.45, 2.75) is 57.2 Å². The summed E-state index contributed by atoms with van der Waals surface area (Å²) in [7, 11) is 0. The zero-order valence-electron chi connectivity index (χ0n) is 16.1. The van der Waals surface area contributed by atoms with Crippen molar-refractivity contribution in [2.24, 2.45) is 11.8 Å². The van der Waals surface area contributed by atoms with E-state index in [9.17, 15) is 4.79 Å². The largest absolute Gasteiger partial charge is 0.331 e. The summed E-state index contributed by atoms with van der Waals surface area (Å²) in [5, 5.41) is 9.08. The summed E-state index contributed by atoms with van der Waals surface area (Å²) in [4.78, 5) is 12.6. The van der Waals surface area contributed by atoms with Gasteiger partial charge in [-0.1, -0.05) is 30.7 Å². The molecule has 0 aromatic heterocycles. The average Bonchev–Trinajstić information content (AvgIpc) is 3.07. The highest BCUT2D eigenvalue weighted by atomic mass is 16.2. The zero-order chi connectivity index (χ0) is 18.4. The lowest BCUT2D eigenvalue weighted by Gasteiger charge is -2.41. The lowest BCUT2D eigenvalue weighted by molar-refractivity contribution is -0.120. The summed E-state index contributed by atoms with van der Waals surface area (Å²) in [5.41, 5.74) is 7.86. The molecule has 2 saturated heterocycles. The minimum Gasteiger partial charge on any atom is -0.331 e. The van der Waals surface area contributed by atoms with Crippen molar-refractivity contribution in [3.63, 3.8) is 0 Å². The quantitative estimate of drug-likeness (QED) is 0.752. The number of rotatable bonds is 2. The van der Waals surface area contributed by atoms with E-state index in [0.29, 0.717) is 23.8 Å². The van der Waals surface area contributed by atoms with Crippen LogP contribution in [0.3, 0.4) is 0 Å². The summed E-state index contributed by atoms with van der Waals surface area (Å²) in [6, 6.07) is 9.24. The molecule has 3 aliphatic heterocycles. The van der Waals surface area contributed by atoms with Crippen molar-refractivity contribution in [3.05, 3.63) is 47.2 Å². The average molecular weight is 367 g/mol. The molecular weight excluding hydrogens is 336 g/mol. The SMILES string of the molecule is Cc1ccccc1C1CCCC2NN3C(C4CCNCC4)=CC(=O)NC3C21. The predicted octanol–water partition coefficient (Wildman–Crippen LogP) is 2.41. The van der Waals surface area contributed by atoms with Gasteiger partial charge in [0.1, 0.15) is 6.17 Å². The van der Waals surface area contributed by atoms with Crippen molar-refractivity contribution >= 4 is 5.91 Å². The molecule has 1 aromatic carbocycles. The van der Waals surface area contributed by atoms with E-state index in [0.717, 1.165) is 25.9 Å². The van der Waals surface area contributed by atoms with Gasteiger partial charge in [0.05, 0.1) is 0 Å². The van der Waals surface area contributed by atoms with E-state index < -0.39 is 0 Å². The molecule has 3 fully saturated rings. The highest BCUT2D eigenvalue weighted by Crippen LogP contribution is 2.46. The monoisotopic (exact) mass is 366 g/mol. The predicted molar refractivity (Wildman–Crippen MR) is 106 cm³/mol. The minimum absolute atomic E-state index is 0.0716. The second kappa shape index (κ2) is 6.95. The Morgan fingerprint density at radius 2 is 1.89 bits per heavy atom. The number of carbonyl (C=O) groups is 1. The molecule has 0 radical (unpaired) electrons. The first-order valence-corrected chi connectivity index (χ1v) is 10.6. The number of nitrogens with zero attached hydrogens (tertiary/aromatic N) is 1. The molecule has 4 unspecified atom stereocenters. The molecule has 0 spiro atoms. The summed E-state index contributed by atoms with van der Waals surface area (Å²) in [6.45, 7) is 4.31. The number of benzene rings is 1. The Morgan fingerprint density at radius 3 is 2.70 bits per heavy atom. The maximum atomic E-state index is 12.6. The van der Waals surface area contributed by atoms with Gasteiger partial charge < -0.3 is 10.6 Å². The standard InChI is InChI=1S/C22H30N4O/c1-14-5-2-3-6-16(14)17-7-4-8-18-21(17)22-24-20(27)13-19(26(22)25-18)15-9-11-23-12-10-15/h2-3,5-6,13,15,17-18,21-23,25H,4,7-12H2,1H3,(H,24,27). The van der Waals surface area contributed by atoms with Gasteiger partial charge in [0.15, 0.2) is 0 Å². The van der Waals surface area contributed by atoms with Crippen molar-refractivity contribution < 1.29 is 4.79 Å². The lowest BCUT2D eigenvalue weighted by Crippen LogP contribution is -2.54. The normalized spacial score (nSPS) is 33.9. The number of carbonyl (C=O) groups excluding carboxylic acids is 1. The maximum Gasteiger partial charge on any atom is 0.247 e. The fourth-order valence-corrected chi connectivity index (χ4v) is 5.83. The molecule has 4 atom stereocenters. The molecule has 3 heterocycles. The van der Waals surface area contributed by atoms with Gasteiger partial charge in [-0.25, -0.2) is 5.43 Å². The van der Waals surface area contributed by atoms with Crippen molar-refractivity contribution in [3.8, 4) is 0 Å². The number of hydrogen-bond donors (Lipinski definition) is 3. The first-order chi connectivity index (χ1) is 13.2. The van der Waals surface area contributed by atoms with Gasteiger partial charge in [-0.2, -0.15) is 0 Å². The van der Waals surface area contributed by atoms with Gasteiger partial charge in [-0.15, -0.1) is 0 Å². The number of fused-ring (bicyclic) bond motifs is 3. The smallest absolute Gasteiger partial charge is 0.247 e. The molecule has 5 rings (SSSR count). The van der Waals surface area contributed by atoms with Gasteiger partial charge in [0.2, 0.25) is 5.91 Å². The minimum atomic E-state index is 0.0716. The Labute approximate surface area is 161 Å².